The zero-order valence-electron chi connectivity index (χ0n) is 13.5. The molecule has 0 unspecified atom stereocenters. The molecule has 1 fully saturated rings. The van der Waals surface area contributed by atoms with Crippen molar-refractivity contribution in [2.45, 2.75) is 31.8 Å². The second kappa shape index (κ2) is 7.27. The number of likely N-dealkylation sites (N-methyl/N-ethyl adjacent to an activating group) is 1. The number of likely N-dealkylation sites (tertiary alicyclic amines) is 1. The maximum absolute atomic E-state index is 13.2. The number of rotatable bonds is 2. The summed E-state index contributed by atoms with van der Waals surface area (Å²) in [7, 11) is 3.67. The van der Waals surface area contributed by atoms with Gasteiger partial charge in [0.25, 0.3) is 0 Å². The average Bonchev–Trinajstić information content (AvgIpc) is 2.52. The van der Waals surface area contributed by atoms with E-state index in [2.05, 4.69) is 17.1 Å². The van der Waals surface area contributed by atoms with Gasteiger partial charge in [0.2, 0.25) is 0 Å². The quantitative estimate of drug-likeness (QED) is 0.840. The summed E-state index contributed by atoms with van der Waals surface area (Å²) in [5.41, 5.74) is 0.0927. The molecule has 126 valence electrons. The molecule has 2 amide bonds. The van der Waals surface area contributed by atoms with Crippen LogP contribution < -0.4 is 5.32 Å². The smallest absolute Gasteiger partial charge is 0.313 e. The van der Waals surface area contributed by atoms with Crippen molar-refractivity contribution in [2.75, 3.05) is 26.0 Å². The van der Waals surface area contributed by atoms with Gasteiger partial charge in [-0.25, -0.2) is 4.39 Å². The van der Waals surface area contributed by atoms with E-state index in [1.165, 1.54) is 17.0 Å². The molecule has 0 aromatic heterocycles. The molecule has 1 aliphatic rings. The summed E-state index contributed by atoms with van der Waals surface area (Å²) in [5, 5.41) is 2.56. The minimum Gasteiger partial charge on any atom is -0.334 e. The lowest BCUT2D eigenvalue weighted by molar-refractivity contribution is -0.144. The van der Waals surface area contributed by atoms with Crippen LogP contribution in [0.5, 0.6) is 0 Å². The summed E-state index contributed by atoms with van der Waals surface area (Å²) in [6.45, 7) is 2.97. The number of halogens is 2. The highest BCUT2D eigenvalue weighted by atomic mass is 35.5. The number of benzene rings is 1. The van der Waals surface area contributed by atoms with Gasteiger partial charge in [-0.15, -0.1) is 0 Å². The number of hydrogen-bond acceptors (Lipinski definition) is 3. The van der Waals surface area contributed by atoms with Crippen molar-refractivity contribution in [2.24, 2.45) is 0 Å². The highest BCUT2D eigenvalue weighted by Crippen LogP contribution is 2.23. The maximum atomic E-state index is 13.2. The van der Waals surface area contributed by atoms with Crippen molar-refractivity contribution in [3.8, 4) is 0 Å². The molecule has 7 heteroatoms. The summed E-state index contributed by atoms with van der Waals surface area (Å²) < 4.78 is 13.2. The summed E-state index contributed by atoms with van der Waals surface area (Å²) >= 11 is 5.90. The van der Waals surface area contributed by atoms with Crippen LogP contribution in [-0.4, -0.2) is 54.3 Å². The number of nitrogens with one attached hydrogen (secondary N) is 1. The molecule has 0 aliphatic carbocycles. The van der Waals surface area contributed by atoms with Gasteiger partial charge in [-0.2, -0.15) is 0 Å². The minimum atomic E-state index is -0.813. The van der Waals surface area contributed by atoms with Crippen molar-refractivity contribution in [3.05, 3.63) is 29.0 Å². The van der Waals surface area contributed by atoms with E-state index in [1.807, 2.05) is 7.05 Å². The van der Waals surface area contributed by atoms with Crippen molar-refractivity contribution < 1.29 is 14.0 Å². The van der Waals surface area contributed by atoms with Crippen molar-refractivity contribution in [3.63, 3.8) is 0 Å². The fourth-order valence-corrected chi connectivity index (χ4v) is 2.88. The maximum Gasteiger partial charge on any atom is 0.313 e. The second-order valence-corrected chi connectivity index (χ2v) is 6.41. The van der Waals surface area contributed by atoms with Crippen LogP contribution in [0, 0.1) is 5.82 Å². The molecule has 23 heavy (non-hydrogen) atoms. The van der Waals surface area contributed by atoms with Gasteiger partial charge in [-0.05, 0) is 45.0 Å². The van der Waals surface area contributed by atoms with Crippen LogP contribution in [0.4, 0.5) is 10.1 Å². The first-order chi connectivity index (χ1) is 10.8. The van der Waals surface area contributed by atoms with E-state index in [9.17, 15) is 14.0 Å². The van der Waals surface area contributed by atoms with E-state index in [4.69, 9.17) is 11.6 Å². The first-order valence-corrected chi connectivity index (χ1v) is 7.90. The van der Waals surface area contributed by atoms with Crippen LogP contribution in [0.15, 0.2) is 18.2 Å². The van der Waals surface area contributed by atoms with Crippen LogP contribution in [0.1, 0.15) is 19.8 Å². The zero-order valence-corrected chi connectivity index (χ0v) is 14.2. The fourth-order valence-electron chi connectivity index (χ4n) is 2.71. The predicted octanol–water partition coefficient (Wildman–Crippen LogP) is 2.36. The third kappa shape index (κ3) is 4.20. The number of piperidine rings is 1. The molecule has 0 bridgehead atoms. The monoisotopic (exact) mass is 341 g/mol. The molecular weight excluding hydrogens is 321 g/mol. The zero-order chi connectivity index (χ0) is 17.1. The first kappa shape index (κ1) is 17.7. The Morgan fingerprint density at radius 3 is 2.78 bits per heavy atom. The molecule has 2 rings (SSSR count). The van der Waals surface area contributed by atoms with Gasteiger partial charge in [0, 0.05) is 25.7 Å². The largest absolute Gasteiger partial charge is 0.334 e. The Morgan fingerprint density at radius 1 is 1.43 bits per heavy atom. The van der Waals surface area contributed by atoms with Gasteiger partial charge in [0.05, 0.1) is 10.7 Å². The Balaban J connectivity index is 2.01. The number of hydrogen-bond donors (Lipinski definition) is 1. The molecule has 5 nitrogen and oxygen atoms in total. The van der Waals surface area contributed by atoms with Crippen molar-refractivity contribution in [1.29, 1.82) is 0 Å². The standard InChI is InChI=1S/C16H21ClFN3O2/c1-10-8-12(6-7-20(10)2)21(3)16(23)15(22)19-14-9-11(18)4-5-13(14)17/h4-5,9-10,12H,6-8H2,1-3H3,(H,19,22)/t10-,12+/m0/s1. The fraction of sp³-hybridized carbons (Fsp3) is 0.500. The highest BCUT2D eigenvalue weighted by Gasteiger charge is 2.30. The molecule has 1 N–H and O–H groups in total. The average molecular weight is 342 g/mol. The van der Waals surface area contributed by atoms with Crippen LogP contribution >= 0.6 is 11.6 Å². The summed E-state index contributed by atoms with van der Waals surface area (Å²) in [5.74, 6) is -1.99. The van der Waals surface area contributed by atoms with Gasteiger partial charge >= 0.3 is 11.8 Å². The second-order valence-electron chi connectivity index (χ2n) is 6.00. The molecule has 0 saturated carbocycles. The van der Waals surface area contributed by atoms with Gasteiger partial charge in [0.15, 0.2) is 0 Å². The molecule has 0 radical (unpaired) electrons. The Labute approximate surface area is 140 Å². The lowest BCUT2D eigenvalue weighted by Crippen LogP contribution is -2.50. The lowest BCUT2D eigenvalue weighted by Gasteiger charge is -2.39. The molecule has 2 atom stereocenters. The summed E-state index contributed by atoms with van der Waals surface area (Å²) in [4.78, 5) is 28.1. The van der Waals surface area contributed by atoms with Gasteiger partial charge in [0.1, 0.15) is 5.82 Å². The van der Waals surface area contributed by atoms with Gasteiger partial charge < -0.3 is 15.1 Å². The van der Waals surface area contributed by atoms with Crippen LogP contribution in [-0.2, 0) is 9.59 Å². The molecule has 1 saturated heterocycles. The third-order valence-electron chi connectivity index (χ3n) is 4.42. The Hall–Kier alpha value is -1.66. The minimum absolute atomic E-state index is 0.0161. The van der Waals surface area contributed by atoms with E-state index in [-0.39, 0.29) is 16.8 Å². The number of carbonyl (C=O) groups excluding carboxylic acids is 2. The first-order valence-electron chi connectivity index (χ1n) is 7.53. The number of nitrogens with zero attached hydrogens (tertiary/aromatic N) is 2. The van der Waals surface area contributed by atoms with Crippen LogP contribution in [0.3, 0.4) is 0 Å². The van der Waals surface area contributed by atoms with Crippen LogP contribution in [0.2, 0.25) is 5.02 Å². The van der Waals surface area contributed by atoms with E-state index in [0.29, 0.717) is 6.04 Å². The molecule has 1 heterocycles. The van der Waals surface area contributed by atoms with Crippen molar-refractivity contribution >= 4 is 29.1 Å². The number of amides is 2. The molecular formula is C16H21ClFN3O2. The number of anilines is 1. The van der Waals surface area contributed by atoms with Crippen molar-refractivity contribution in [1.82, 2.24) is 9.80 Å². The molecule has 1 aromatic carbocycles. The Bertz CT molecular complexity index is 611. The molecule has 0 spiro atoms. The van der Waals surface area contributed by atoms with Crippen LogP contribution in [0.25, 0.3) is 0 Å². The Kier molecular flexibility index (Phi) is 5.59. The van der Waals surface area contributed by atoms with Gasteiger partial charge in [-0.3, -0.25) is 9.59 Å². The topological polar surface area (TPSA) is 52.7 Å². The SMILES string of the molecule is C[C@H]1C[C@H](N(C)C(=O)C(=O)Nc2cc(F)ccc2Cl)CCN1C. The predicted molar refractivity (Wildman–Crippen MR) is 87.9 cm³/mol. The molecule has 1 aliphatic heterocycles. The molecule has 1 aromatic rings. The number of carbonyl (C=O) groups is 2. The van der Waals surface area contributed by atoms with E-state index in [0.717, 1.165) is 25.5 Å². The Morgan fingerprint density at radius 2 is 2.13 bits per heavy atom. The lowest BCUT2D eigenvalue weighted by atomic mass is 9.97. The van der Waals surface area contributed by atoms with E-state index >= 15 is 0 Å². The normalized spacial score (nSPS) is 21.8. The summed E-state index contributed by atoms with van der Waals surface area (Å²) in [6.07, 6.45) is 1.63. The summed E-state index contributed by atoms with van der Waals surface area (Å²) in [6, 6.07) is 3.98. The van der Waals surface area contributed by atoms with E-state index in [1.54, 1.807) is 7.05 Å². The van der Waals surface area contributed by atoms with E-state index < -0.39 is 17.6 Å². The van der Waals surface area contributed by atoms with Gasteiger partial charge in [-0.1, -0.05) is 11.6 Å². The third-order valence-corrected chi connectivity index (χ3v) is 4.75. The highest BCUT2D eigenvalue weighted by molar-refractivity contribution is 6.41.